The van der Waals surface area contributed by atoms with Crippen molar-refractivity contribution < 1.29 is 14.3 Å². The Balaban J connectivity index is 2.13. The molecule has 0 saturated carbocycles. The van der Waals surface area contributed by atoms with Gasteiger partial charge in [-0.15, -0.1) is 11.3 Å². The van der Waals surface area contributed by atoms with E-state index in [1.807, 2.05) is 4.90 Å². The predicted octanol–water partition coefficient (Wildman–Crippen LogP) is 2.54. The number of nitrogens with zero attached hydrogens (tertiary/aromatic N) is 1. The van der Waals surface area contributed by atoms with Crippen molar-refractivity contribution in [3.05, 3.63) is 27.2 Å². The summed E-state index contributed by atoms with van der Waals surface area (Å²) >= 11 is 1.12. The minimum absolute atomic E-state index is 0.0657. The number of fused-ring (bicyclic) bond motifs is 1. The third kappa shape index (κ3) is 2.12. The van der Waals surface area contributed by atoms with Crippen molar-refractivity contribution in [3.8, 4) is 0 Å². The molecule has 2 aromatic heterocycles. The lowest BCUT2D eigenvalue weighted by Gasteiger charge is -2.26. The summed E-state index contributed by atoms with van der Waals surface area (Å²) in [4.78, 5) is 25.1. The number of aromatic carboxylic acids is 1. The Morgan fingerprint density at radius 1 is 1.32 bits per heavy atom. The summed E-state index contributed by atoms with van der Waals surface area (Å²) in [7, 11) is 0. The molecule has 1 aliphatic heterocycles. The number of carboxylic acid groups (broad SMARTS) is 1. The molecule has 1 N–H and O–H groups in total. The molecular formula is C13H13NO4S. The topological polar surface area (TPSA) is 70.8 Å². The first-order valence-corrected chi connectivity index (χ1v) is 7.08. The average molecular weight is 279 g/mol. The van der Waals surface area contributed by atoms with Crippen LogP contribution >= 0.6 is 11.3 Å². The zero-order chi connectivity index (χ0) is 13.4. The van der Waals surface area contributed by atoms with Crippen LogP contribution in [-0.2, 0) is 0 Å². The van der Waals surface area contributed by atoms with Crippen LogP contribution in [0, 0.1) is 0 Å². The predicted molar refractivity (Wildman–Crippen MR) is 73.4 cm³/mol. The van der Waals surface area contributed by atoms with Gasteiger partial charge in [-0.2, -0.15) is 0 Å². The number of hydrogen-bond acceptors (Lipinski definition) is 5. The molecule has 0 spiro atoms. The third-order valence-electron chi connectivity index (χ3n) is 3.33. The first-order valence-electron chi connectivity index (χ1n) is 6.20. The molecule has 3 rings (SSSR count). The van der Waals surface area contributed by atoms with Crippen molar-refractivity contribution in [1.29, 1.82) is 0 Å². The number of carboxylic acids is 1. The highest BCUT2D eigenvalue weighted by Crippen LogP contribution is 2.28. The third-order valence-corrected chi connectivity index (χ3v) is 4.30. The second kappa shape index (κ2) is 4.70. The first-order chi connectivity index (χ1) is 9.16. The van der Waals surface area contributed by atoms with Crippen molar-refractivity contribution in [2.45, 2.75) is 19.3 Å². The molecule has 0 atom stereocenters. The second-order valence-electron chi connectivity index (χ2n) is 4.61. The van der Waals surface area contributed by atoms with Gasteiger partial charge in [0.2, 0.25) is 5.43 Å². The number of thiophene rings is 1. The van der Waals surface area contributed by atoms with E-state index in [1.54, 1.807) is 0 Å². The van der Waals surface area contributed by atoms with E-state index < -0.39 is 5.97 Å². The second-order valence-corrected chi connectivity index (χ2v) is 5.49. The maximum absolute atomic E-state index is 12.0. The smallest absolute Gasteiger partial charge is 0.340 e. The molecule has 0 unspecified atom stereocenters. The standard InChI is InChI=1S/C13H13NO4S/c15-9-6-10(14-4-2-1-3-5-14)18-11-8(13(16)17)7-19-12(9)11/h6-7H,1-5H2,(H,16,17). The van der Waals surface area contributed by atoms with Crippen molar-refractivity contribution in [3.63, 3.8) is 0 Å². The Kier molecular flexibility index (Phi) is 3.02. The zero-order valence-electron chi connectivity index (χ0n) is 10.2. The van der Waals surface area contributed by atoms with E-state index in [-0.39, 0.29) is 16.6 Å². The van der Waals surface area contributed by atoms with Crippen molar-refractivity contribution in [1.82, 2.24) is 0 Å². The molecule has 1 saturated heterocycles. The van der Waals surface area contributed by atoms with Crippen LogP contribution in [0.25, 0.3) is 10.3 Å². The minimum atomic E-state index is -1.06. The van der Waals surface area contributed by atoms with Gasteiger partial charge < -0.3 is 14.4 Å². The van der Waals surface area contributed by atoms with Gasteiger partial charge in [0, 0.05) is 24.5 Å². The van der Waals surface area contributed by atoms with Crippen LogP contribution in [-0.4, -0.2) is 24.2 Å². The van der Waals surface area contributed by atoms with Gasteiger partial charge in [0.15, 0.2) is 11.5 Å². The molecule has 0 aromatic carbocycles. The number of anilines is 1. The molecule has 1 aliphatic rings. The highest BCUT2D eigenvalue weighted by molar-refractivity contribution is 7.17. The lowest BCUT2D eigenvalue weighted by Crippen LogP contribution is -2.30. The Hall–Kier alpha value is -1.82. The molecule has 2 aromatic rings. The fourth-order valence-corrected chi connectivity index (χ4v) is 3.23. The Morgan fingerprint density at radius 3 is 2.74 bits per heavy atom. The molecule has 0 bridgehead atoms. The van der Waals surface area contributed by atoms with Crippen molar-refractivity contribution >= 4 is 33.5 Å². The fourth-order valence-electron chi connectivity index (χ4n) is 2.35. The first kappa shape index (κ1) is 12.2. The summed E-state index contributed by atoms with van der Waals surface area (Å²) < 4.78 is 6.04. The van der Waals surface area contributed by atoms with Crippen molar-refractivity contribution in [2.75, 3.05) is 18.0 Å². The SMILES string of the molecule is O=C(O)c1csc2c(=O)cc(N3CCCCC3)oc12. The highest BCUT2D eigenvalue weighted by atomic mass is 32.1. The maximum Gasteiger partial charge on any atom is 0.340 e. The van der Waals surface area contributed by atoms with Crippen LogP contribution in [0.4, 0.5) is 5.88 Å². The largest absolute Gasteiger partial charge is 0.478 e. The van der Waals surface area contributed by atoms with Gasteiger partial charge in [-0.1, -0.05) is 0 Å². The summed E-state index contributed by atoms with van der Waals surface area (Å²) in [6, 6.07) is 1.47. The minimum Gasteiger partial charge on any atom is -0.478 e. The molecule has 0 radical (unpaired) electrons. The monoisotopic (exact) mass is 279 g/mol. The van der Waals surface area contributed by atoms with E-state index in [2.05, 4.69) is 0 Å². The van der Waals surface area contributed by atoms with E-state index >= 15 is 0 Å². The van der Waals surface area contributed by atoms with E-state index in [0.717, 1.165) is 37.3 Å². The van der Waals surface area contributed by atoms with Gasteiger partial charge in [0.05, 0.1) is 0 Å². The van der Waals surface area contributed by atoms with E-state index in [4.69, 9.17) is 9.52 Å². The van der Waals surface area contributed by atoms with Crippen molar-refractivity contribution in [2.24, 2.45) is 0 Å². The van der Waals surface area contributed by atoms with E-state index in [1.165, 1.54) is 17.9 Å². The molecule has 0 amide bonds. The molecule has 5 nitrogen and oxygen atoms in total. The van der Waals surface area contributed by atoms with Crippen LogP contribution in [0.1, 0.15) is 29.6 Å². The number of rotatable bonds is 2. The van der Waals surface area contributed by atoms with Crippen LogP contribution in [0.3, 0.4) is 0 Å². The summed E-state index contributed by atoms with van der Waals surface area (Å²) in [6.07, 6.45) is 3.32. The number of hydrogen-bond donors (Lipinski definition) is 1. The summed E-state index contributed by atoms with van der Waals surface area (Å²) in [5.74, 6) is -0.580. The van der Waals surface area contributed by atoms with Crippen LogP contribution in [0.2, 0.25) is 0 Å². The van der Waals surface area contributed by atoms with Gasteiger partial charge in [0.1, 0.15) is 10.3 Å². The number of carbonyl (C=O) groups is 1. The van der Waals surface area contributed by atoms with Gasteiger partial charge in [0.25, 0.3) is 0 Å². The lowest BCUT2D eigenvalue weighted by molar-refractivity contribution is 0.0698. The molecule has 100 valence electrons. The van der Waals surface area contributed by atoms with E-state index in [0.29, 0.717) is 10.6 Å². The summed E-state index contributed by atoms with van der Waals surface area (Å²) in [5, 5.41) is 10.6. The van der Waals surface area contributed by atoms with Crippen LogP contribution < -0.4 is 10.3 Å². The molecule has 3 heterocycles. The van der Waals surface area contributed by atoms with Gasteiger partial charge in [-0.3, -0.25) is 4.79 Å². The molecule has 1 fully saturated rings. The number of piperidine rings is 1. The summed E-state index contributed by atoms with van der Waals surface area (Å²) in [6.45, 7) is 1.70. The van der Waals surface area contributed by atoms with Gasteiger partial charge >= 0.3 is 5.97 Å². The highest BCUT2D eigenvalue weighted by Gasteiger charge is 2.19. The van der Waals surface area contributed by atoms with E-state index in [9.17, 15) is 9.59 Å². The molecule has 0 aliphatic carbocycles. The normalized spacial score (nSPS) is 15.9. The molecular weight excluding hydrogens is 266 g/mol. The fraction of sp³-hybridized carbons (Fsp3) is 0.385. The zero-order valence-corrected chi connectivity index (χ0v) is 11.0. The molecule has 6 heteroatoms. The van der Waals surface area contributed by atoms with Gasteiger partial charge in [-0.25, -0.2) is 4.79 Å². The lowest BCUT2D eigenvalue weighted by atomic mass is 10.1. The quantitative estimate of drug-likeness (QED) is 0.914. The Labute approximate surface area is 113 Å². The molecule has 19 heavy (non-hydrogen) atoms. The Bertz CT molecular complexity index is 681. The van der Waals surface area contributed by atoms with Crippen LogP contribution in [0.5, 0.6) is 0 Å². The Morgan fingerprint density at radius 2 is 2.05 bits per heavy atom. The maximum atomic E-state index is 12.0. The summed E-state index contributed by atoms with van der Waals surface area (Å²) in [5.41, 5.74) is 0.0980. The van der Waals surface area contributed by atoms with Gasteiger partial charge in [-0.05, 0) is 19.3 Å². The average Bonchev–Trinajstić information content (AvgIpc) is 2.84. The van der Waals surface area contributed by atoms with Crippen LogP contribution in [0.15, 0.2) is 20.7 Å².